The number of carbonyl (C=O) groups is 1. The fraction of sp³-hybridized carbons (Fsp3) is 0.421. The average molecular weight is 355 g/mol. The number of aryl methyl sites for hydroxylation is 1. The molecule has 1 N–H and O–H groups in total. The standard InChI is InChI=1S/C19H21N3O4/c1-12-5-15(23)7-18(25)21(12)11-19(26)20-8-13-6-14(10-20)16-3-2-4-17(24)22(16)9-13/h2-5,7,13-14,23H,6,8-11H2,1H3. The van der Waals surface area contributed by atoms with E-state index in [1.165, 1.54) is 10.6 Å². The molecule has 2 atom stereocenters. The van der Waals surface area contributed by atoms with E-state index >= 15 is 0 Å². The number of nitrogens with zero attached hydrogens (tertiary/aromatic N) is 3. The van der Waals surface area contributed by atoms with E-state index in [4.69, 9.17) is 0 Å². The number of likely N-dealkylation sites (tertiary alicyclic amines) is 1. The van der Waals surface area contributed by atoms with E-state index in [1.807, 2.05) is 10.6 Å². The highest BCUT2D eigenvalue weighted by Crippen LogP contribution is 2.34. The largest absolute Gasteiger partial charge is 0.508 e. The van der Waals surface area contributed by atoms with Crippen molar-refractivity contribution < 1.29 is 9.90 Å². The van der Waals surface area contributed by atoms with Crippen LogP contribution in [0.1, 0.15) is 23.7 Å². The molecule has 26 heavy (non-hydrogen) atoms. The highest BCUT2D eigenvalue weighted by molar-refractivity contribution is 5.76. The molecule has 7 nitrogen and oxygen atoms in total. The monoisotopic (exact) mass is 355 g/mol. The zero-order valence-corrected chi connectivity index (χ0v) is 14.6. The molecule has 136 valence electrons. The van der Waals surface area contributed by atoms with Crippen molar-refractivity contribution in [2.45, 2.75) is 32.4 Å². The molecule has 2 bridgehead atoms. The van der Waals surface area contributed by atoms with Crippen LogP contribution in [-0.2, 0) is 17.9 Å². The minimum atomic E-state index is -0.384. The lowest BCUT2D eigenvalue weighted by atomic mass is 9.83. The molecule has 0 spiro atoms. The van der Waals surface area contributed by atoms with Crippen molar-refractivity contribution in [1.29, 1.82) is 0 Å². The van der Waals surface area contributed by atoms with Crippen molar-refractivity contribution in [2.24, 2.45) is 5.92 Å². The molecule has 2 unspecified atom stereocenters. The third kappa shape index (κ3) is 2.83. The summed E-state index contributed by atoms with van der Waals surface area (Å²) in [6, 6.07) is 7.91. The lowest BCUT2D eigenvalue weighted by Gasteiger charge is -2.42. The van der Waals surface area contributed by atoms with Crippen LogP contribution in [0.4, 0.5) is 0 Å². The molecule has 2 aliphatic rings. The first-order chi connectivity index (χ1) is 12.4. The van der Waals surface area contributed by atoms with Gasteiger partial charge in [0.1, 0.15) is 12.3 Å². The number of carbonyl (C=O) groups excluding carboxylic acids is 1. The van der Waals surface area contributed by atoms with Crippen LogP contribution in [0.25, 0.3) is 0 Å². The summed E-state index contributed by atoms with van der Waals surface area (Å²) in [6.45, 7) is 3.45. The summed E-state index contributed by atoms with van der Waals surface area (Å²) >= 11 is 0. The maximum Gasteiger partial charge on any atom is 0.254 e. The summed E-state index contributed by atoms with van der Waals surface area (Å²) in [5, 5.41) is 9.49. The van der Waals surface area contributed by atoms with E-state index in [0.717, 1.165) is 18.2 Å². The van der Waals surface area contributed by atoms with Crippen molar-refractivity contribution in [2.75, 3.05) is 13.1 Å². The van der Waals surface area contributed by atoms with E-state index in [1.54, 1.807) is 24.0 Å². The molecule has 4 rings (SSSR count). The maximum absolute atomic E-state index is 12.8. The van der Waals surface area contributed by atoms with Gasteiger partial charge in [0.15, 0.2) is 0 Å². The zero-order valence-electron chi connectivity index (χ0n) is 14.6. The van der Waals surface area contributed by atoms with E-state index < -0.39 is 0 Å². The van der Waals surface area contributed by atoms with Crippen LogP contribution in [0, 0.1) is 12.8 Å². The van der Waals surface area contributed by atoms with E-state index in [9.17, 15) is 19.5 Å². The summed E-state index contributed by atoms with van der Waals surface area (Å²) in [5.41, 5.74) is 1.18. The predicted molar refractivity (Wildman–Crippen MR) is 95.2 cm³/mol. The van der Waals surface area contributed by atoms with Crippen LogP contribution < -0.4 is 11.1 Å². The van der Waals surface area contributed by atoms with Crippen LogP contribution in [-0.4, -0.2) is 38.1 Å². The Balaban J connectivity index is 1.57. The highest BCUT2D eigenvalue weighted by Gasteiger charge is 2.36. The van der Waals surface area contributed by atoms with Crippen molar-refractivity contribution in [3.05, 3.63) is 62.4 Å². The summed E-state index contributed by atoms with van der Waals surface area (Å²) in [6.07, 6.45) is 0.978. The second-order valence-corrected chi connectivity index (χ2v) is 7.28. The molecule has 2 aromatic rings. The van der Waals surface area contributed by atoms with Crippen LogP contribution in [0.2, 0.25) is 0 Å². The second kappa shape index (κ2) is 6.16. The molecule has 2 aliphatic heterocycles. The molecule has 7 heteroatoms. The van der Waals surface area contributed by atoms with E-state index in [0.29, 0.717) is 25.3 Å². The summed E-state index contributed by atoms with van der Waals surface area (Å²) < 4.78 is 3.21. The molecular formula is C19H21N3O4. The van der Waals surface area contributed by atoms with Gasteiger partial charge in [-0.2, -0.15) is 0 Å². The quantitative estimate of drug-likeness (QED) is 0.858. The number of rotatable bonds is 2. The minimum Gasteiger partial charge on any atom is -0.508 e. The summed E-state index contributed by atoms with van der Waals surface area (Å²) in [5.74, 6) is 0.203. The normalized spacial score (nSPS) is 21.3. The summed E-state index contributed by atoms with van der Waals surface area (Å²) in [4.78, 5) is 38.8. The van der Waals surface area contributed by atoms with E-state index in [2.05, 4.69) is 0 Å². The van der Waals surface area contributed by atoms with Crippen LogP contribution in [0.15, 0.2) is 39.9 Å². The Labute approximate surface area is 150 Å². The van der Waals surface area contributed by atoms with Crippen LogP contribution in [0.3, 0.4) is 0 Å². The van der Waals surface area contributed by atoms with Gasteiger partial charge in [0, 0.05) is 49.1 Å². The van der Waals surface area contributed by atoms with Gasteiger partial charge in [-0.15, -0.1) is 0 Å². The fourth-order valence-electron chi connectivity index (χ4n) is 4.25. The first-order valence-corrected chi connectivity index (χ1v) is 8.80. The number of fused-ring (bicyclic) bond motifs is 4. The lowest BCUT2D eigenvalue weighted by molar-refractivity contribution is -0.134. The van der Waals surface area contributed by atoms with Gasteiger partial charge < -0.3 is 19.1 Å². The Morgan fingerprint density at radius 3 is 2.73 bits per heavy atom. The zero-order chi connectivity index (χ0) is 18.4. The van der Waals surface area contributed by atoms with Crippen molar-refractivity contribution >= 4 is 5.91 Å². The van der Waals surface area contributed by atoms with Gasteiger partial charge in [-0.3, -0.25) is 14.4 Å². The average Bonchev–Trinajstić information content (AvgIpc) is 2.58. The third-order valence-corrected chi connectivity index (χ3v) is 5.45. The highest BCUT2D eigenvalue weighted by atomic mass is 16.3. The molecule has 0 aromatic carbocycles. The maximum atomic E-state index is 12.8. The van der Waals surface area contributed by atoms with Gasteiger partial charge in [-0.05, 0) is 31.4 Å². The Morgan fingerprint density at radius 1 is 1.15 bits per heavy atom. The Morgan fingerprint density at radius 2 is 1.96 bits per heavy atom. The number of aromatic hydroxyl groups is 1. The number of pyridine rings is 2. The van der Waals surface area contributed by atoms with Crippen LogP contribution >= 0.6 is 0 Å². The van der Waals surface area contributed by atoms with Crippen molar-refractivity contribution in [1.82, 2.24) is 14.0 Å². The van der Waals surface area contributed by atoms with Gasteiger partial charge in [0.25, 0.3) is 11.1 Å². The van der Waals surface area contributed by atoms with E-state index in [-0.39, 0.29) is 41.2 Å². The molecule has 0 radical (unpaired) electrons. The molecule has 1 amide bonds. The number of hydrogen-bond donors (Lipinski definition) is 1. The minimum absolute atomic E-state index is 0.0169. The lowest BCUT2D eigenvalue weighted by Crippen LogP contribution is -2.50. The van der Waals surface area contributed by atoms with Gasteiger partial charge in [0.2, 0.25) is 5.91 Å². The molecule has 1 saturated heterocycles. The van der Waals surface area contributed by atoms with Crippen molar-refractivity contribution in [3.8, 4) is 5.75 Å². The van der Waals surface area contributed by atoms with Gasteiger partial charge in [0.05, 0.1) is 0 Å². The van der Waals surface area contributed by atoms with Crippen LogP contribution in [0.5, 0.6) is 5.75 Å². The predicted octanol–water partition coefficient (Wildman–Crippen LogP) is 0.670. The number of aromatic nitrogens is 2. The second-order valence-electron chi connectivity index (χ2n) is 7.28. The molecule has 0 saturated carbocycles. The fourth-order valence-corrected chi connectivity index (χ4v) is 4.25. The SMILES string of the molecule is Cc1cc(O)cc(=O)n1CC(=O)N1CC2CC(C1)c1cccc(=O)n1C2. The number of hydrogen-bond acceptors (Lipinski definition) is 4. The number of amides is 1. The van der Waals surface area contributed by atoms with Gasteiger partial charge >= 0.3 is 0 Å². The Kier molecular flexibility index (Phi) is 3.94. The smallest absolute Gasteiger partial charge is 0.254 e. The van der Waals surface area contributed by atoms with Gasteiger partial charge in [-0.25, -0.2) is 0 Å². The number of piperidine rings is 1. The third-order valence-electron chi connectivity index (χ3n) is 5.45. The van der Waals surface area contributed by atoms with Gasteiger partial charge in [-0.1, -0.05) is 6.07 Å². The molecular weight excluding hydrogens is 334 g/mol. The molecule has 4 heterocycles. The first kappa shape index (κ1) is 16.6. The Bertz CT molecular complexity index is 991. The topological polar surface area (TPSA) is 84.5 Å². The molecule has 0 aliphatic carbocycles. The first-order valence-electron chi connectivity index (χ1n) is 8.80. The van der Waals surface area contributed by atoms with Crippen molar-refractivity contribution in [3.63, 3.8) is 0 Å². The molecule has 2 aromatic heterocycles. The Hall–Kier alpha value is -2.83. The molecule has 1 fully saturated rings. The summed E-state index contributed by atoms with van der Waals surface area (Å²) in [7, 11) is 0.